The third-order valence-electron chi connectivity index (χ3n) is 3.38. The molecular formula is C18H19N3O2. The minimum Gasteiger partial charge on any atom is -0.461 e. The molecule has 2 aromatic carbocycles. The summed E-state index contributed by atoms with van der Waals surface area (Å²) in [4.78, 5) is 8.94. The number of hydrogen-bond acceptors (Lipinski definition) is 5. The number of aromatic nitrogens is 2. The van der Waals surface area contributed by atoms with Crippen LogP contribution in [0.2, 0.25) is 0 Å². The third-order valence-corrected chi connectivity index (χ3v) is 3.38. The van der Waals surface area contributed by atoms with E-state index in [9.17, 15) is 0 Å². The molecule has 0 radical (unpaired) electrons. The molecular weight excluding hydrogens is 290 g/mol. The molecule has 0 amide bonds. The van der Waals surface area contributed by atoms with Crippen molar-refractivity contribution in [3.63, 3.8) is 0 Å². The van der Waals surface area contributed by atoms with E-state index in [0.29, 0.717) is 19.2 Å². The predicted molar refractivity (Wildman–Crippen MR) is 91.4 cm³/mol. The van der Waals surface area contributed by atoms with Crippen molar-refractivity contribution in [1.82, 2.24) is 9.97 Å². The molecule has 23 heavy (non-hydrogen) atoms. The van der Waals surface area contributed by atoms with Crippen LogP contribution in [0.1, 0.15) is 5.56 Å². The number of ether oxygens (including phenoxy) is 2. The molecule has 0 saturated carbocycles. The maximum atomic E-state index is 5.57. The molecule has 0 spiro atoms. The van der Waals surface area contributed by atoms with E-state index in [1.54, 1.807) is 7.11 Å². The fourth-order valence-electron chi connectivity index (χ4n) is 2.29. The summed E-state index contributed by atoms with van der Waals surface area (Å²) in [5.41, 5.74) is 3.01. The number of nitrogens with zero attached hydrogens (tertiary/aromatic N) is 2. The Morgan fingerprint density at radius 1 is 1.00 bits per heavy atom. The first-order valence-corrected chi connectivity index (χ1v) is 7.48. The first-order valence-electron chi connectivity index (χ1n) is 7.48. The lowest BCUT2D eigenvalue weighted by molar-refractivity contribution is 0.141. The number of methoxy groups -OCH3 is 1. The van der Waals surface area contributed by atoms with Crippen molar-refractivity contribution in [2.75, 3.05) is 25.6 Å². The molecule has 3 aromatic rings. The Bertz CT molecular complexity index is 805. The highest BCUT2D eigenvalue weighted by Crippen LogP contribution is 2.26. The average Bonchev–Trinajstić information content (AvgIpc) is 2.55. The Labute approximate surface area is 135 Å². The van der Waals surface area contributed by atoms with Gasteiger partial charge < -0.3 is 14.8 Å². The molecule has 0 aliphatic rings. The van der Waals surface area contributed by atoms with Crippen molar-refractivity contribution in [3.8, 4) is 6.01 Å². The molecule has 0 bridgehead atoms. The van der Waals surface area contributed by atoms with E-state index in [4.69, 9.17) is 9.47 Å². The fraction of sp³-hybridized carbons (Fsp3) is 0.222. The number of rotatable bonds is 6. The number of aryl methyl sites for hydroxylation is 1. The molecule has 1 N–H and O–H groups in total. The van der Waals surface area contributed by atoms with Crippen LogP contribution in [0, 0.1) is 6.92 Å². The van der Waals surface area contributed by atoms with Crippen LogP contribution < -0.4 is 10.1 Å². The fourth-order valence-corrected chi connectivity index (χ4v) is 2.29. The van der Waals surface area contributed by atoms with Crippen molar-refractivity contribution in [1.29, 1.82) is 0 Å². The van der Waals surface area contributed by atoms with Crippen LogP contribution >= 0.6 is 0 Å². The Kier molecular flexibility index (Phi) is 4.68. The van der Waals surface area contributed by atoms with Crippen LogP contribution in [-0.2, 0) is 4.74 Å². The largest absolute Gasteiger partial charge is 0.461 e. The minimum absolute atomic E-state index is 0.343. The summed E-state index contributed by atoms with van der Waals surface area (Å²) in [5, 5.41) is 4.31. The highest BCUT2D eigenvalue weighted by molar-refractivity contribution is 5.91. The lowest BCUT2D eigenvalue weighted by Crippen LogP contribution is -2.08. The Balaban J connectivity index is 1.96. The van der Waals surface area contributed by atoms with Crippen LogP contribution in [0.25, 0.3) is 10.9 Å². The van der Waals surface area contributed by atoms with E-state index < -0.39 is 0 Å². The van der Waals surface area contributed by atoms with Gasteiger partial charge in [0.25, 0.3) is 0 Å². The summed E-state index contributed by atoms with van der Waals surface area (Å²) >= 11 is 0. The molecule has 0 unspecified atom stereocenters. The monoisotopic (exact) mass is 309 g/mol. The van der Waals surface area contributed by atoms with E-state index in [1.807, 2.05) is 36.4 Å². The molecule has 0 saturated heterocycles. The molecule has 1 aromatic heterocycles. The van der Waals surface area contributed by atoms with E-state index in [2.05, 4.69) is 34.3 Å². The van der Waals surface area contributed by atoms with Gasteiger partial charge in [0.05, 0.1) is 12.1 Å². The quantitative estimate of drug-likeness (QED) is 0.704. The molecule has 5 heteroatoms. The first kappa shape index (κ1) is 15.2. The molecule has 3 rings (SSSR count). The highest BCUT2D eigenvalue weighted by atomic mass is 16.5. The van der Waals surface area contributed by atoms with Crippen LogP contribution in [0.15, 0.2) is 48.5 Å². The SMILES string of the molecule is COCCOc1nc(Nc2cccc(C)c2)c2ccccc2n1. The van der Waals surface area contributed by atoms with Gasteiger partial charge in [-0.2, -0.15) is 9.97 Å². The summed E-state index contributed by atoms with van der Waals surface area (Å²) in [6.07, 6.45) is 0. The molecule has 0 aliphatic heterocycles. The standard InChI is InChI=1S/C18H19N3O2/c1-13-6-5-7-14(12-13)19-17-15-8-3-4-9-16(15)20-18(21-17)23-11-10-22-2/h3-9,12H,10-11H2,1-2H3,(H,19,20,21). The van der Waals surface area contributed by atoms with Crippen LogP contribution in [0.4, 0.5) is 11.5 Å². The summed E-state index contributed by atoms with van der Waals surface area (Å²) in [5.74, 6) is 0.730. The highest BCUT2D eigenvalue weighted by Gasteiger charge is 2.09. The third kappa shape index (κ3) is 3.76. The van der Waals surface area contributed by atoms with E-state index in [-0.39, 0.29) is 0 Å². The van der Waals surface area contributed by atoms with Crippen LogP contribution in [-0.4, -0.2) is 30.3 Å². The second-order valence-corrected chi connectivity index (χ2v) is 5.21. The van der Waals surface area contributed by atoms with Crippen LogP contribution in [0.5, 0.6) is 6.01 Å². The number of hydrogen-bond donors (Lipinski definition) is 1. The second-order valence-electron chi connectivity index (χ2n) is 5.21. The zero-order valence-electron chi connectivity index (χ0n) is 13.2. The van der Waals surface area contributed by atoms with Gasteiger partial charge in [-0.3, -0.25) is 0 Å². The van der Waals surface area contributed by atoms with Crippen molar-refractivity contribution in [2.45, 2.75) is 6.92 Å². The summed E-state index contributed by atoms with van der Waals surface area (Å²) < 4.78 is 10.6. The van der Waals surface area contributed by atoms with Gasteiger partial charge in [-0.25, -0.2) is 0 Å². The van der Waals surface area contributed by atoms with E-state index in [0.717, 1.165) is 22.4 Å². The summed E-state index contributed by atoms with van der Waals surface area (Å²) in [6.45, 7) is 2.97. The number of para-hydroxylation sites is 1. The van der Waals surface area contributed by atoms with Gasteiger partial charge in [-0.1, -0.05) is 24.3 Å². The summed E-state index contributed by atoms with van der Waals surface area (Å²) in [7, 11) is 1.63. The van der Waals surface area contributed by atoms with Crippen LogP contribution in [0.3, 0.4) is 0 Å². The smallest absolute Gasteiger partial charge is 0.319 e. The van der Waals surface area contributed by atoms with Gasteiger partial charge >= 0.3 is 6.01 Å². The molecule has 0 fully saturated rings. The lowest BCUT2D eigenvalue weighted by atomic mass is 10.2. The van der Waals surface area contributed by atoms with Crippen molar-refractivity contribution >= 4 is 22.4 Å². The van der Waals surface area contributed by atoms with Gasteiger partial charge in [0.15, 0.2) is 0 Å². The minimum atomic E-state index is 0.343. The van der Waals surface area contributed by atoms with Crippen molar-refractivity contribution in [3.05, 3.63) is 54.1 Å². The molecule has 0 aliphatic carbocycles. The van der Waals surface area contributed by atoms with E-state index >= 15 is 0 Å². The number of benzene rings is 2. The predicted octanol–water partition coefficient (Wildman–Crippen LogP) is 3.71. The van der Waals surface area contributed by atoms with Gasteiger partial charge in [0, 0.05) is 18.2 Å². The van der Waals surface area contributed by atoms with E-state index in [1.165, 1.54) is 5.56 Å². The molecule has 118 valence electrons. The number of nitrogens with one attached hydrogen (secondary N) is 1. The lowest BCUT2D eigenvalue weighted by Gasteiger charge is -2.11. The first-order chi connectivity index (χ1) is 11.3. The summed E-state index contributed by atoms with van der Waals surface area (Å²) in [6, 6.07) is 16.4. The second kappa shape index (κ2) is 7.07. The molecule has 1 heterocycles. The maximum absolute atomic E-state index is 5.57. The topological polar surface area (TPSA) is 56.3 Å². The van der Waals surface area contributed by atoms with Crippen molar-refractivity contribution in [2.24, 2.45) is 0 Å². The zero-order chi connectivity index (χ0) is 16.1. The average molecular weight is 309 g/mol. The normalized spacial score (nSPS) is 10.7. The van der Waals surface area contributed by atoms with Crippen molar-refractivity contribution < 1.29 is 9.47 Å². The van der Waals surface area contributed by atoms with Gasteiger partial charge in [0.1, 0.15) is 12.4 Å². The number of fused-ring (bicyclic) bond motifs is 1. The van der Waals surface area contributed by atoms with Gasteiger partial charge in [-0.05, 0) is 36.8 Å². The van der Waals surface area contributed by atoms with Gasteiger partial charge in [-0.15, -0.1) is 0 Å². The van der Waals surface area contributed by atoms with Gasteiger partial charge in [0.2, 0.25) is 0 Å². The Hall–Kier alpha value is -2.66. The molecule has 0 atom stereocenters. The molecule has 5 nitrogen and oxygen atoms in total. The zero-order valence-corrected chi connectivity index (χ0v) is 13.2. The number of anilines is 2. The maximum Gasteiger partial charge on any atom is 0.319 e. The Morgan fingerprint density at radius 3 is 2.70 bits per heavy atom. The Morgan fingerprint density at radius 2 is 1.87 bits per heavy atom.